The van der Waals surface area contributed by atoms with Gasteiger partial charge in [-0.1, -0.05) is 6.07 Å². The first kappa shape index (κ1) is 22.1. The number of hydrogen-bond acceptors (Lipinski definition) is 9. The fourth-order valence-corrected chi connectivity index (χ4v) is 4.02. The van der Waals surface area contributed by atoms with E-state index in [0.717, 1.165) is 31.6 Å². The predicted octanol–water partition coefficient (Wildman–Crippen LogP) is 2.44. The van der Waals surface area contributed by atoms with Crippen LogP contribution in [0.25, 0.3) is 16.9 Å². The minimum Gasteiger partial charge on any atom is -0.494 e. The van der Waals surface area contributed by atoms with E-state index in [4.69, 9.17) is 9.47 Å². The van der Waals surface area contributed by atoms with E-state index in [-0.39, 0.29) is 18.4 Å². The van der Waals surface area contributed by atoms with Gasteiger partial charge in [-0.15, -0.1) is 10.2 Å². The second kappa shape index (κ2) is 9.65. The third-order valence-corrected chi connectivity index (χ3v) is 5.86. The SMILES string of the molecule is COc1ccc([C@@H](CO)c2nnc3cc(-c4ccnc(NC5CCOCC5)n4)cnn23)cc1F. The molecule has 1 aromatic carbocycles. The first-order chi connectivity index (χ1) is 16.7. The van der Waals surface area contributed by atoms with Crippen molar-refractivity contribution in [2.75, 3.05) is 32.2 Å². The number of hydrogen-bond donors (Lipinski definition) is 2. The largest absolute Gasteiger partial charge is 0.494 e. The summed E-state index contributed by atoms with van der Waals surface area (Å²) in [6, 6.07) is 8.42. The lowest BCUT2D eigenvalue weighted by atomic mass is 9.99. The molecule has 4 heterocycles. The lowest BCUT2D eigenvalue weighted by Gasteiger charge is -2.23. The summed E-state index contributed by atoms with van der Waals surface area (Å²) in [6.07, 6.45) is 5.17. The molecule has 3 aromatic heterocycles. The molecule has 11 heteroatoms. The molecule has 4 aromatic rings. The summed E-state index contributed by atoms with van der Waals surface area (Å²) in [5, 5.41) is 26.3. The van der Waals surface area contributed by atoms with Crippen molar-refractivity contribution in [3.8, 4) is 17.0 Å². The minimum atomic E-state index is -0.608. The summed E-state index contributed by atoms with van der Waals surface area (Å²) in [5.41, 5.74) is 2.47. The van der Waals surface area contributed by atoms with E-state index in [1.807, 2.05) is 6.07 Å². The molecule has 1 aliphatic rings. The maximum atomic E-state index is 14.2. The van der Waals surface area contributed by atoms with Crippen molar-refractivity contribution in [1.29, 1.82) is 0 Å². The highest BCUT2D eigenvalue weighted by Gasteiger charge is 2.22. The van der Waals surface area contributed by atoms with Crippen molar-refractivity contribution in [3.63, 3.8) is 0 Å². The number of nitrogens with zero attached hydrogens (tertiary/aromatic N) is 6. The molecule has 0 bridgehead atoms. The maximum absolute atomic E-state index is 14.2. The standard InChI is InChI=1S/C23H24FN7O3/c1-33-20-3-2-14(10-18(20)24)17(13-32)22-30-29-21-11-15(12-26-31(21)22)19-4-7-25-23(28-19)27-16-5-8-34-9-6-16/h2-4,7,10-12,16-17,32H,5-6,8-9,13H2,1H3,(H,25,27,28)/t17-/m1/s1. The molecule has 1 aliphatic heterocycles. The maximum Gasteiger partial charge on any atom is 0.223 e. The normalized spacial score (nSPS) is 15.4. The molecule has 0 amide bonds. The van der Waals surface area contributed by atoms with E-state index < -0.39 is 11.7 Å². The van der Waals surface area contributed by atoms with Crippen molar-refractivity contribution in [2.45, 2.75) is 24.8 Å². The Bertz CT molecular complexity index is 1290. The molecule has 0 spiro atoms. The third kappa shape index (κ3) is 4.39. The van der Waals surface area contributed by atoms with Crippen molar-refractivity contribution in [2.24, 2.45) is 0 Å². The molecule has 0 aliphatic carbocycles. The lowest BCUT2D eigenvalue weighted by Crippen LogP contribution is -2.28. The number of ether oxygens (including phenoxy) is 2. The van der Waals surface area contributed by atoms with E-state index in [1.165, 1.54) is 23.8 Å². The molecule has 34 heavy (non-hydrogen) atoms. The van der Waals surface area contributed by atoms with Gasteiger partial charge in [0.1, 0.15) is 0 Å². The van der Waals surface area contributed by atoms with Crippen LogP contribution < -0.4 is 10.1 Å². The van der Waals surface area contributed by atoms with Crippen LogP contribution in [-0.2, 0) is 4.74 Å². The highest BCUT2D eigenvalue weighted by molar-refractivity contribution is 5.63. The molecule has 0 radical (unpaired) electrons. The monoisotopic (exact) mass is 465 g/mol. The highest BCUT2D eigenvalue weighted by Crippen LogP contribution is 2.28. The molecule has 176 valence electrons. The summed E-state index contributed by atoms with van der Waals surface area (Å²) < 4.78 is 26.1. The lowest BCUT2D eigenvalue weighted by molar-refractivity contribution is 0.0903. The molecular formula is C23H24FN7O3. The van der Waals surface area contributed by atoms with Gasteiger partial charge in [-0.3, -0.25) is 0 Å². The van der Waals surface area contributed by atoms with Gasteiger partial charge < -0.3 is 19.9 Å². The van der Waals surface area contributed by atoms with Crippen molar-refractivity contribution in [3.05, 3.63) is 59.9 Å². The van der Waals surface area contributed by atoms with Gasteiger partial charge in [0.05, 0.1) is 31.5 Å². The summed E-state index contributed by atoms with van der Waals surface area (Å²) >= 11 is 0. The average Bonchev–Trinajstić information content (AvgIpc) is 3.28. The second-order valence-corrected chi connectivity index (χ2v) is 8.00. The van der Waals surface area contributed by atoms with Crippen molar-refractivity contribution >= 4 is 11.6 Å². The molecule has 2 N–H and O–H groups in total. The Morgan fingerprint density at radius 1 is 1.24 bits per heavy atom. The minimum absolute atomic E-state index is 0.129. The van der Waals surface area contributed by atoms with Gasteiger partial charge in [0.25, 0.3) is 0 Å². The van der Waals surface area contributed by atoms with Crippen LogP contribution in [0, 0.1) is 5.82 Å². The zero-order valence-corrected chi connectivity index (χ0v) is 18.6. The first-order valence-electron chi connectivity index (χ1n) is 11.0. The van der Waals surface area contributed by atoms with Gasteiger partial charge in [-0.25, -0.2) is 14.4 Å². The van der Waals surface area contributed by atoms with Crippen LogP contribution in [-0.4, -0.2) is 67.9 Å². The highest BCUT2D eigenvalue weighted by atomic mass is 19.1. The average molecular weight is 465 g/mol. The molecule has 0 saturated carbocycles. The Balaban J connectivity index is 1.42. The molecule has 1 fully saturated rings. The van der Waals surface area contributed by atoms with Crippen molar-refractivity contribution in [1.82, 2.24) is 29.8 Å². The Labute approximate surface area is 194 Å². The van der Waals surface area contributed by atoms with Crippen LogP contribution in [0.1, 0.15) is 30.1 Å². The van der Waals surface area contributed by atoms with E-state index in [0.29, 0.717) is 28.7 Å². The van der Waals surface area contributed by atoms with Gasteiger partial charge in [0.15, 0.2) is 23.0 Å². The van der Waals surface area contributed by atoms with Crippen molar-refractivity contribution < 1.29 is 19.0 Å². The number of aliphatic hydroxyl groups is 1. The Kier molecular flexibility index (Phi) is 6.28. The number of methoxy groups -OCH3 is 1. The number of anilines is 1. The summed E-state index contributed by atoms with van der Waals surface area (Å²) in [7, 11) is 1.40. The summed E-state index contributed by atoms with van der Waals surface area (Å²) in [5.74, 6) is -0.0455. The summed E-state index contributed by atoms with van der Waals surface area (Å²) in [6.45, 7) is 1.17. The van der Waals surface area contributed by atoms with Crippen LogP contribution in [0.15, 0.2) is 42.7 Å². The van der Waals surface area contributed by atoms with E-state index >= 15 is 0 Å². The fraction of sp³-hybridized carbons (Fsp3) is 0.348. The number of aliphatic hydroxyl groups excluding tert-OH is 1. The van der Waals surface area contributed by atoms with E-state index in [9.17, 15) is 9.50 Å². The van der Waals surface area contributed by atoms with Crippen LogP contribution in [0.3, 0.4) is 0 Å². The number of aromatic nitrogens is 6. The molecule has 5 rings (SSSR count). The van der Waals surface area contributed by atoms with Gasteiger partial charge >= 0.3 is 0 Å². The number of rotatable bonds is 7. The van der Waals surface area contributed by atoms with Crippen LogP contribution >= 0.6 is 0 Å². The fourth-order valence-electron chi connectivity index (χ4n) is 4.02. The third-order valence-electron chi connectivity index (χ3n) is 5.86. The number of benzene rings is 1. The van der Waals surface area contributed by atoms with Gasteiger partial charge in [-0.05, 0) is 42.7 Å². The molecule has 1 saturated heterocycles. The van der Waals surface area contributed by atoms with Crippen LogP contribution in [0.5, 0.6) is 5.75 Å². The van der Waals surface area contributed by atoms with E-state index in [1.54, 1.807) is 24.5 Å². The van der Waals surface area contributed by atoms with E-state index in [2.05, 4.69) is 30.6 Å². The molecule has 10 nitrogen and oxygen atoms in total. The quantitative estimate of drug-likeness (QED) is 0.424. The summed E-state index contributed by atoms with van der Waals surface area (Å²) in [4.78, 5) is 8.95. The second-order valence-electron chi connectivity index (χ2n) is 8.00. The van der Waals surface area contributed by atoms with Gasteiger partial charge in [0, 0.05) is 31.0 Å². The zero-order chi connectivity index (χ0) is 23.5. The molecule has 0 unspecified atom stereocenters. The Hall–Kier alpha value is -3.70. The molecule has 1 atom stereocenters. The van der Waals surface area contributed by atoms with Crippen LogP contribution in [0.2, 0.25) is 0 Å². The smallest absolute Gasteiger partial charge is 0.223 e. The Morgan fingerprint density at radius 3 is 2.85 bits per heavy atom. The Morgan fingerprint density at radius 2 is 2.09 bits per heavy atom. The predicted molar refractivity (Wildman–Crippen MR) is 121 cm³/mol. The number of fused-ring (bicyclic) bond motifs is 1. The molecular weight excluding hydrogens is 441 g/mol. The van der Waals surface area contributed by atoms with Crippen LogP contribution in [0.4, 0.5) is 10.3 Å². The van der Waals surface area contributed by atoms with Gasteiger partial charge in [-0.2, -0.15) is 9.61 Å². The number of halogens is 1. The zero-order valence-electron chi connectivity index (χ0n) is 18.6. The van der Waals surface area contributed by atoms with Gasteiger partial charge in [0.2, 0.25) is 5.95 Å². The number of nitrogens with one attached hydrogen (secondary N) is 1. The topological polar surface area (TPSA) is 120 Å². The first-order valence-corrected chi connectivity index (χ1v) is 11.0.